The van der Waals surface area contributed by atoms with Crippen molar-refractivity contribution >= 4 is 12.4 Å². The molecule has 0 saturated carbocycles. The molecule has 3 aliphatic rings. The van der Waals surface area contributed by atoms with Gasteiger partial charge in [0.25, 0.3) is 0 Å². The molecular formula is C35H80N2. The molecule has 1 aliphatic carbocycles. The van der Waals surface area contributed by atoms with Crippen LogP contribution in [0.1, 0.15) is 146 Å². The van der Waals surface area contributed by atoms with Gasteiger partial charge >= 0.3 is 0 Å². The Balaban J connectivity index is -0.0000000279. The van der Waals surface area contributed by atoms with E-state index in [-0.39, 0.29) is 29.7 Å². The normalized spacial score (nSPS) is 10.5. The highest BCUT2D eigenvalue weighted by atomic mass is 14.7. The van der Waals surface area contributed by atoms with E-state index in [1.165, 1.54) is 0 Å². The van der Waals surface area contributed by atoms with Gasteiger partial charge in [0.1, 0.15) is 0 Å². The van der Waals surface area contributed by atoms with Gasteiger partial charge in [-0.2, -0.15) is 0 Å². The van der Waals surface area contributed by atoms with Gasteiger partial charge in [0, 0.05) is 25.0 Å². The molecule has 0 bridgehead atoms. The molecule has 0 saturated heterocycles. The molecule has 0 aromatic heterocycles. The van der Waals surface area contributed by atoms with E-state index in [4.69, 9.17) is 0 Å². The minimum atomic E-state index is 0. The number of hydrogen-bond donors (Lipinski definition) is 0. The molecule has 2 heteroatoms. The fraction of sp³-hybridized carbons (Fsp3) is 0.714. The van der Waals surface area contributed by atoms with Gasteiger partial charge in [-0.15, -0.1) is 0 Å². The van der Waals surface area contributed by atoms with Crippen molar-refractivity contribution in [2.75, 3.05) is 6.54 Å². The lowest BCUT2D eigenvalue weighted by Crippen LogP contribution is -1.66. The molecule has 0 atom stereocenters. The van der Waals surface area contributed by atoms with Crippen molar-refractivity contribution < 1.29 is 0 Å². The second-order valence-corrected chi connectivity index (χ2v) is 8.18. The molecule has 2 nitrogen and oxygen atoms in total. The minimum Gasteiger partial charge on any atom is -0.289 e. The van der Waals surface area contributed by atoms with E-state index in [1.54, 1.807) is 12.4 Å². The summed E-state index contributed by atoms with van der Waals surface area (Å²) >= 11 is 0. The Morgan fingerprint density at radius 2 is 0.838 bits per heavy atom. The van der Waals surface area contributed by atoms with Crippen LogP contribution in [-0.2, 0) is 0 Å². The second-order valence-electron chi connectivity index (χ2n) is 8.18. The third-order valence-electron chi connectivity index (χ3n) is 1.73. The van der Waals surface area contributed by atoms with E-state index in [0.29, 0.717) is 0 Å². The van der Waals surface area contributed by atoms with E-state index < -0.39 is 0 Å². The monoisotopic (exact) mass is 529 g/mol. The van der Waals surface area contributed by atoms with Crippen LogP contribution in [0.5, 0.6) is 0 Å². The highest BCUT2D eigenvalue weighted by Gasteiger charge is 1.74. The van der Waals surface area contributed by atoms with Gasteiger partial charge in [-0.3, -0.25) is 9.98 Å². The Morgan fingerprint density at radius 1 is 0.486 bits per heavy atom. The fourth-order valence-electron chi connectivity index (χ4n) is 1.00. The molecule has 0 N–H and O–H groups in total. The quantitative estimate of drug-likeness (QED) is 0.298. The Bertz CT molecular complexity index is 329. The lowest BCUT2D eigenvalue weighted by atomic mass is 10.3. The molecule has 2 heterocycles. The van der Waals surface area contributed by atoms with Crippen molar-refractivity contribution in [3.8, 4) is 0 Å². The molecule has 0 aromatic rings. The number of allylic oxidation sites excluding steroid dienone is 6. The van der Waals surface area contributed by atoms with E-state index in [2.05, 4.69) is 96.6 Å². The van der Waals surface area contributed by atoms with Gasteiger partial charge in [-0.1, -0.05) is 170 Å². The van der Waals surface area contributed by atoms with Gasteiger partial charge in [-0.05, 0) is 30.3 Å². The molecule has 0 spiro atoms. The third-order valence-corrected chi connectivity index (χ3v) is 1.73. The summed E-state index contributed by atoms with van der Waals surface area (Å²) in [6, 6.07) is 0. The lowest BCUT2D eigenvalue weighted by molar-refractivity contribution is 0.736. The first-order valence-corrected chi connectivity index (χ1v) is 13.3. The average Bonchev–Trinajstić information content (AvgIpc) is 3.59. The molecule has 230 valence electrons. The second kappa shape index (κ2) is 76.5. The maximum absolute atomic E-state index is 3.85. The summed E-state index contributed by atoms with van der Waals surface area (Å²) in [6.45, 7) is 32.4. The van der Waals surface area contributed by atoms with Gasteiger partial charge in [0.05, 0.1) is 6.54 Å². The highest BCUT2D eigenvalue weighted by molar-refractivity contribution is 5.73. The number of aliphatic imine (C=N–C) groups is 2. The molecule has 3 rings (SSSR count). The molecule has 0 amide bonds. The third kappa shape index (κ3) is 202. The summed E-state index contributed by atoms with van der Waals surface area (Å²) in [4.78, 5) is 7.62. The largest absolute Gasteiger partial charge is 0.289 e. The molecule has 0 unspecified atom stereocenters. The first-order valence-electron chi connectivity index (χ1n) is 13.3. The zero-order valence-electron chi connectivity index (χ0n) is 25.5. The first-order chi connectivity index (χ1) is 15.7. The van der Waals surface area contributed by atoms with Crippen LogP contribution < -0.4 is 0 Å². The summed E-state index contributed by atoms with van der Waals surface area (Å²) in [5.74, 6) is 2.50. The van der Waals surface area contributed by atoms with Crippen LogP contribution in [0.25, 0.3) is 0 Å². The lowest BCUT2D eigenvalue weighted by Gasteiger charge is -1.79. The van der Waals surface area contributed by atoms with E-state index in [9.17, 15) is 0 Å². The highest BCUT2D eigenvalue weighted by Crippen LogP contribution is 1.93. The summed E-state index contributed by atoms with van der Waals surface area (Å²) in [5.41, 5.74) is 0. The van der Waals surface area contributed by atoms with Crippen molar-refractivity contribution in [1.82, 2.24) is 0 Å². The van der Waals surface area contributed by atoms with Crippen LogP contribution in [0, 0.1) is 17.8 Å². The summed E-state index contributed by atoms with van der Waals surface area (Å²) in [5, 5.41) is 0. The summed E-state index contributed by atoms with van der Waals surface area (Å²) < 4.78 is 0. The SMILES string of the molecule is C.C.C.C.C1=CCC=C1.C1=CCN=C1.C1=CN=CC1.CC.CC.CC.CC(C)C.CC(C)C.CC(C)C. The standard InChI is InChI=1S/C5H6.2C4H5N.3C4H10.3C2H6.4CH4/c3*1-2-4-5-3-1;3*1-4(2)3;3*1-2;;;;/h1-4H,5H2;1,3-4H,2H2;1-3H,4H2;3*4H,1-3H3;3*1-2H3;4*1H4. The average molecular weight is 529 g/mol. The smallest absolute Gasteiger partial charge is 0.0573 e. The van der Waals surface area contributed by atoms with Crippen LogP contribution in [0.4, 0.5) is 0 Å². The molecule has 2 aliphatic heterocycles. The van der Waals surface area contributed by atoms with Crippen LogP contribution >= 0.6 is 0 Å². The number of hydrogen-bond acceptors (Lipinski definition) is 2. The van der Waals surface area contributed by atoms with Gasteiger partial charge in [0.15, 0.2) is 0 Å². The summed E-state index contributed by atoms with van der Waals surface area (Å²) in [6.07, 6.45) is 22.0. The van der Waals surface area contributed by atoms with E-state index in [1.807, 2.05) is 66.0 Å². The Morgan fingerprint density at radius 3 is 0.919 bits per heavy atom. The van der Waals surface area contributed by atoms with Gasteiger partial charge < -0.3 is 0 Å². The van der Waals surface area contributed by atoms with Crippen LogP contribution in [0.3, 0.4) is 0 Å². The molecule has 0 fully saturated rings. The maximum Gasteiger partial charge on any atom is 0.0573 e. The van der Waals surface area contributed by atoms with Gasteiger partial charge in [-0.25, -0.2) is 0 Å². The van der Waals surface area contributed by atoms with Crippen molar-refractivity contribution in [1.29, 1.82) is 0 Å². The Kier molecular flexibility index (Phi) is 134. The topological polar surface area (TPSA) is 24.7 Å². The van der Waals surface area contributed by atoms with Crippen LogP contribution in [0.15, 0.2) is 58.7 Å². The number of rotatable bonds is 0. The zero-order valence-corrected chi connectivity index (χ0v) is 25.5. The minimum absolute atomic E-state index is 0. The number of nitrogens with zero attached hydrogens (tertiary/aromatic N) is 2. The van der Waals surface area contributed by atoms with Crippen molar-refractivity contribution in [2.45, 2.75) is 146 Å². The predicted octanol–water partition coefficient (Wildman–Crippen LogP) is 13.7. The van der Waals surface area contributed by atoms with Crippen molar-refractivity contribution in [3.05, 3.63) is 48.7 Å². The summed E-state index contributed by atoms with van der Waals surface area (Å²) in [7, 11) is 0. The van der Waals surface area contributed by atoms with Crippen molar-refractivity contribution in [2.24, 2.45) is 27.7 Å². The fourth-order valence-corrected chi connectivity index (χ4v) is 1.00. The van der Waals surface area contributed by atoms with Crippen LogP contribution in [0.2, 0.25) is 0 Å². The molecule has 0 radical (unpaired) electrons. The van der Waals surface area contributed by atoms with E-state index >= 15 is 0 Å². The first kappa shape index (κ1) is 64.9. The Labute approximate surface area is 241 Å². The molecular weight excluding hydrogens is 448 g/mol. The predicted molar refractivity (Wildman–Crippen MR) is 190 cm³/mol. The maximum atomic E-state index is 3.85. The molecule has 37 heavy (non-hydrogen) atoms. The molecule has 0 aromatic carbocycles. The van der Waals surface area contributed by atoms with Crippen molar-refractivity contribution in [3.63, 3.8) is 0 Å². The van der Waals surface area contributed by atoms with Gasteiger partial charge in [0.2, 0.25) is 0 Å². The zero-order chi connectivity index (χ0) is 27.3. The van der Waals surface area contributed by atoms with Crippen LogP contribution in [-0.4, -0.2) is 19.0 Å². The Hall–Kier alpha value is -1.70. The van der Waals surface area contributed by atoms with E-state index in [0.717, 1.165) is 37.1 Å².